The number of halogens is 2. The Bertz CT molecular complexity index is 1370. The molecule has 2 aromatic carbocycles. The van der Waals surface area contributed by atoms with Gasteiger partial charge in [0.25, 0.3) is 0 Å². The number of aromatic hydroxyl groups is 1. The summed E-state index contributed by atoms with van der Waals surface area (Å²) < 4.78 is 8.94. The maximum absolute atomic E-state index is 14.0. The summed E-state index contributed by atoms with van der Waals surface area (Å²) in [5.41, 5.74) is -1.05. The smallest absolute Gasteiger partial charge is 0.197 e. The standard InChI is InChI=1S/C24H18Cl2N4O4/c25-15-3-5-20(31)17(11-15)22(32)19(29-9-1-7-27-29)13-24(30-10-2-8-28-30)14-34-21-6-4-16(26)12-18(21)23(24)33/h1-12,19,31H,13-14H2. The van der Waals surface area contributed by atoms with E-state index in [2.05, 4.69) is 10.2 Å². The molecule has 3 heterocycles. The molecule has 1 aliphatic heterocycles. The van der Waals surface area contributed by atoms with E-state index < -0.39 is 17.4 Å². The number of carbonyl (C=O) groups is 2. The van der Waals surface area contributed by atoms with E-state index in [1.54, 1.807) is 48.9 Å². The maximum atomic E-state index is 14.0. The zero-order valence-electron chi connectivity index (χ0n) is 17.6. The quantitative estimate of drug-likeness (QED) is 0.392. The Morgan fingerprint density at radius 1 is 1.09 bits per heavy atom. The van der Waals surface area contributed by atoms with Crippen LogP contribution >= 0.6 is 23.2 Å². The highest BCUT2D eigenvalue weighted by molar-refractivity contribution is 6.31. The fourth-order valence-electron chi connectivity index (χ4n) is 4.23. The summed E-state index contributed by atoms with van der Waals surface area (Å²) in [5, 5.41) is 19.6. The molecule has 10 heteroatoms. The van der Waals surface area contributed by atoms with Gasteiger partial charge in [-0.2, -0.15) is 10.2 Å². The molecule has 0 saturated heterocycles. The zero-order valence-corrected chi connectivity index (χ0v) is 19.1. The minimum absolute atomic E-state index is 0.0243. The lowest BCUT2D eigenvalue weighted by atomic mass is 9.80. The lowest BCUT2D eigenvalue weighted by Crippen LogP contribution is -2.52. The van der Waals surface area contributed by atoms with Crippen molar-refractivity contribution in [1.29, 1.82) is 0 Å². The number of rotatable bonds is 6. The van der Waals surface area contributed by atoms with Crippen LogP contribution in [-0.2, 0) is 5.54 Å². The van der Waals surface area contributed by atoms with Crippen LogP contribution in [0.25, 0.3) is 0 Å². The van der Waals surface area contributed by atoms with Gasteiger partial charge < -0.3 is 9.84 Å². The van der Waals surface area contributed by atoms with Gasteiger partial charge in [-0.3, -0.25) is 19.0 Å². The normalized spacial score (nSPS) is 18.2. The lowest BCUT2D eigenvalue weighted by molar-refractivity contribution is 0.0502. The van der Waals surface area contributed by atoms with Gasteiger partial charge in [0.1, 0.15) is 24.1 Å². The minimum atomic E-state index is -1.37. The second-order valence-corrected chi connectivity index (χ2v) is 8.85. The summed E-state index contributed by atoms with van der Waals surface area (Å²) in [5.74, 6) is -0.560. The number of carbonyl (C=O) groups excluding carboxylic acids is 2. The van der Waals surface area contributed by atoms with Crippen molar-refractivity contribution in [3.63, 3.8) is 0 Å². The van der Waals surface area contributed by atoms with Crippen LogP contribution in [0.2, 0.25) is 10.0 Å². The Kier molecular flexibility index (Phi) is 5.63. The van der Waals surface area contributed by atoms with Gasteiger partial charge in [-0.05, 0) is 48.5 Å². The van der Waals surface area contributed by atoms with Crippen LogP contribution in [-0.4, -0.2) is 42.8 Å². The third-order valence-electron chi connectivity index (χ3n) is 5.92. The summed E-state index contributed by atoms with van der Waals surface area (Å²) >= 11 is 12.3. The van der Waals surface area contributed by atoms with E-state index in [9.17, 15) is 14.7 Å². The van der Waals surface area contributed by atoms with Crippen molar-refractivity contribution in [2.45, 2.75) is 18.0 Å². The number of ketones is 2. The Hall–Kier alpha value is -3.62. The Labute approximate surface area is 204 Å². The van der Waals surface area contributed by atoms with Crippen LogP contribution in [0, 0.1) is 0 Å². The lowest BCUT2D eigenvalue weighted by Gasteiger charge is -2.38. The first-order chi connectivity index (χ1) is 16.4. The number of nitrogens with zero attached hydrogens (tertiary/aromatic N) is 4. The first kappa shape index (κ1) is 22.2. The average molecular weight is 497 g/mol. The van der Waals surface area contributed by atoms with Gasteiger partial charge in [0.2, 0.25) is 0 Å². The Morgan fingerprint density at radius 3 is 2.56 bits per heavy atom. The molecule has 0 aliphatic carbocycles. The summed E-state index contributed by atoms with van der Waals surface area (Å²) in [6.07, 6.45) is 6.31. The van der Waals surface area contributed by atoms with Crippen LogP contribution in [0.1, 0.15) is 33.2 Å². The third kappa shape index (κ3) is 3.74. The van der Waals surface area contributed by atoms with Gasteiger partial charge in [0.05, 0.1) is 11.1 Å². The largest absolute Gasteiger partial charge is 0.507 e. The number of aromatic nitrogens is 4. The van der Waals surface area contributed by atoms with Crippen molar-refractivity contribution in [3.05, 3.63) is 94.5 Å². The van der Waals surface area contributed by atoms with E-state index in [4.69, 9.17) is 27.9 Å². The van der Waals surface area contributed by atoms with Gasteiger partial charge in [-0.15, -0.1) is 0 Å². The first-order valence-electron chi connectivity index (χ1n) is 10.4. The van der Waals surface area contributed by atoms with E-state index >= 15 is 0 Å². The van der Waals surface area contributed by atoms with Gasteiger partial charge in [-0.25, -0.2) is 0 Å². The average Bonchev–Trinajstić information content (AvgIpc) is 3.55. The van der Waals surface area contributed by atoms with E-state index in [1.165, 1.54) is 33.8 Å². The predicted octanol–water partition coefficient (Wildman–Crippen LogP) is 4.58. The SMILES string of the molecule is O=C(c1cc(Cl)ccc1O)C(CC1(n2cccn2)COc2ccc(Cl)cc2C1=O)n1cccn1. The van der Waals surface area contributed by atoms with Crippen molar-refractivity contribution >= 4 is 34.8 Å². The summed E-state index contributed by atoms with van der Waals surface area (Å²) in [6.45, 7) is -0.0608. The Balaban J connectivity index is 1.64. The van der Waals surface area contributed by atoms with Crippen LogP contribution in [0.4, 0.5) is 0 Å². The van der Waals surface area contributed by atoms with Gasteiger partial charge in [0.15, 0.2) is 17.1 Å². The second-order valence-electron chi connectivity index (χ2n) is 7.97. The zero-order chi connectivity index (χ0) is 23.9. The van der Waals surface area contributed by atoms with Crippen molar-refractivity contribution in [3.8, 4) is 11.5 Å². The van der Waals surface area contributed by atoms with Crippen LogP contribution in [0.3, 0.4) is 0 Å². The van der Waals surface area contributed by atoms with E-state index in [-0.39, 0.29) is 30.1 Å². The summed E-state index contributed by atoms with van der Waals surface area (Å²) in [4.78, 5) is 27.7. The fraction of sp³-hybridized carbons (Fsp3) is 0.167. The number of phenolic OH excluding ortho intramolecular Hbond substituents is 1. The topological polar surface area (TPSA) is 99.2 Å². The molecule has 34 heavy (non-hydrogen) atoms. The van der Waals surface area contributed by atoms with E-state index in [0.717, 1.165) is 0 Å². The predicted molar refractivity (Wildman–Crippen MR) is 125 cm³/mol. The fourth-order valence-corrected chi connectivity index (χ4v) is 4.58. The molecule has 2 unspecified atom stereocenters. The maximum Gasteiger partial charge on any atom is 0.197 e. The molecule has 2 aromatic heterocycles. The van der Waals surface area contributed by atoms with E-state index in [1.807, 2.05) is 0 Å². The first-order valence-corrected chi connectivity index (χ1v) is 11.1. The van der Waals surface area contributed by atoms with Gasteiger partial charge in [0, 0.05) is 41.3 Å². The van der Waals surface area contributed by atoms with Gasteiger partial charge >= 0.3 is 0 Å². The molecular weight excluding hydrogens is 479 g/mol. The van der Waals surface area contributed by atoms with Crippen molar-refractivity contribution in [2.24, 2.45) is 0 Å². The number of phenols is 1. The minimum Gasteiger partial charge on any atom is -0.507 e. The molecular formula is C24H18Cl2N4O4. The molecule has 2 atom stereocenters. The molecule has 1 N–H and O–H groups in total. The molecule has 5 rings (SSSR count). The molecule has 8 nitrogen and oxygen atoms in total. The molecule has 0 fully saturated rings. The molecule has 0 spiro atoms. The highest BCUT2D eigenvalue weighted by atomic mass is 35.5. The molecule has 0 amide bonds. The van der Waals surface area contributed by atoms with Crippen LogP contribution in [0.15, 0.2) is 73.3 Å². The summed E-state index contributed by atoms with van der Waals surface area (Å²) in [6, 6.07) is 11.5. The van der Waals surface area contributed by atoms with Crippen molar-refractivity contribution < 1.29 is 19.4 Å². The van der Waals surface area contributed by atoms with Crippen molar-refractivity contribution in [1.82, 2.24) is 19.6 Å². The van der Waals surface area contributed by atoms with Crippen LogP contribution < -0.4 is 4.74 Å². The number of Topliss-reactive ketones (excluding diaryl/α,β-unsaturated/α-hetero) is 2. The monoisotopic (exact) mass is 496 g/mol. The van der Waals surface area contributed by atoms with Gasteiger partial charge in [-0.1, -0.05) is 23.2 Å². The highest BCUT2D eigenvalue weighted by Crippen LogP contribution is 2.41. The van der Waals surface area contributed by atoms with E-state index in [0.29, 0.717) is 21.4 Å². The van der Waals surface area contributed by atoms with Crippen LogP contribution in [0.5, 0.6) is 11.5 Å². The molecule has 0 saturated carbocycles. The molecule has 1 aliphatic rings. The number of hydrogen-bond donors (Lipinski definition) is 1. The number of hydrogen-bond acceptors (Lipinski definition) is 6. The molecule has 0 bridgehead atoms. The van der Waals surface area contributed by atoms with Crippen molar-refractivity contribution in [2.75, 3.05) is 6.61 Å². The number of benzene rings is 2. The molecule has 172 valence electrons. The number of fused-ring (bicyclic) bond motifs is 1. The third-order valence-corrected chi connectivity index (χ3v) is 6.39. The highest BCUT2D eigenvalue weighted by Gasteiger charge is 2.49. The number of ether oxygens (including phenoxy) is 1. The molecule has 0 radical (unpaired) electrons. The second kappa shape index (κ2) is 8.62. The Morgan fingerprint density at radius 2 is 1.82 bits per heavy atom. The summed E-state index contributed by atoms with van der Waals surface area (Å²) in [7, 11) is 0. The molecule has 4 aromatic rings.